The Morgan fingerprint density at radius 1 is 1.05 bits per heavy atom. The number of H-pyrrole nitrogens is 1. The van der Waals surface area contributed by atoms with E-state index in [1.54, 1.807) is 23.5 Å². The summed E-state index contributed by atoms with van der Waals surface area (Å²) in [5.74, 6) is 0.287. The van der Waals surface area contributed by atoms with Gasteiger partial charge in [0.15, 0.2) is 0 Å². The number of aryl methyl sites for hydroxylation is 1. The van der Waals surface area contributed by atoms with Gasteiger partial charge in [0.2, 0.25) is 0 Å². The highest BCUT2D eigenvalue weighted by molar-refractivity contribution is 7.18. The number of nitrogens with one attached hydrogen (secondary N) is 1. The fourth-order valence-electron chi connectivity index (χ4n) is 2.68. The van der Waals surface area contributed by atoms with Crippen LogP contribution in [0.4, 0.5) is 0 Å². The molecule has 2 aromatic carbocycles. The van der Waals surface area contributed by atoms with E-state index in [-0.39, 0.29) is 5.75 Å². The molecule has 0 atom stereocenters. The predicted molar refractivity (Wildman–Crippen MR) is 91.2 cm³/mol. The van der Waals surface area contributed by atoms with Gasteiger partial charge in [0, 0.05) is 26.7 Å². The Labute approximate surface area is 131 Å². The minimum Gasteiger partial charge on any atom is -0.508 e. The van der Waals surface area contributed by atoms with Crippen LogP contribution in [0.3, 0.4) is 0 Å². The maximum absolute atomic E-state index is 9.46. The topological polar surface area (TPSA) is 48.9 Å². The second kappa shape index (κ2) is 5.00. The lowest BCUT2D eigenvalue weighted by molar-refractivity contribution is 0.475. The predicted octanol–water partition coefficient (Wildman–Crippen LogP) is 4.97. The lowest BCUT2D eigenvalue weighted by Crippen LogP contribution is -1.79. The van der Waals surface area contributed by atoms with Crippen LogP contribution in [0.15, 0.2) is 53.9 Å². The number of hydrogen-bond acceptors (Lipinski definition) is 3. The van der Waals surface area contributed by atoms with Crippen LogP contribution in [0.2, 0.25) is 0 Å². The van der Waals surface area contributed by atoms with Crippen LogP contribution in [-0.2, 0) is 0 Å². The first kappa shape index (κ1) is 13.1. The second-order valence-electron chi connectivity index (χ2n) is 5.31. The number of phenols is 1. The van der Waals surface area contributed by atoms with Crippen LogP contribution in [-0.4, -0.2) is 15.3 Å². The highest BCUT2D eigenvalue weighted by atomic mass is 32.1. The van der Waals surface area contributed by atoms with Gasteiger partial charge in [-0.25, -0.2) is 0 Å². The lowest BCUT2D eigenvalue weighted by atomic mass is 10.0. The van der Waals surface area contributed by atoms with E-state index < -0.39 is 0 Å². The lowest BCUT2D eigenvalue weighted by Gasteiger charge is -2.04. The number of aromatic nitrogens is 2. The Morgan fingerprint density at radius 2 is 1.86 bits per heavy atom. The van der Waals surface area contributed by atoms with Gasteiger partial charge in [0.25, 0.3) is 0 Å². The number of nitrogens with zero attached hydrogens (tertiary/aromatic N) is 1. The van der Waals surface area contributed by atoms with Crippen molar-refractivity contribution in [2.24, 2.45) is 0 Å². The van der Waals surface area contributed by atoms with Crippen molar-refractivity contribution in [3.8, 4) is 28.1 Å². The summed E-state index contributed by atoms with van der Waals surface area (Å²) in [5, 5.41) is 20.2. The number of benzene rings is 2. The van der Waals surface area contributed by atoms with Gasteiger partial charge < -0.3 is 5.11 Å². The van der Waals surface area contributed by atoms with Crippen molar-refractivity contribution in [1.82, 2.24) is 10.2 Å². The summed E-state index contributed by atoms with van der Waals surface area (Å²) in [5.41, 5.74) is 5.48. The van der Waals surface area contributed by atoms with E-state index in [4.69, 9.17) is 0 Å². The Morgan fingerprint density at radius 3 is 2.59 bits per heavy atom. The molecule has 3 nitrogen and oxygen atoms in total. The van der Waals surface area contributed by atoms with Gasteiger partial charge in [0.1, 0.15) is 5.75 Å². The number of aromatic hydroxyl groups is 1. The molecular weight excluding hydrogens is 292 g/mol. The second-order valence-corrected chi connectivity index (χ2v) is 6.19. The van der Waals surface area contributed by atoms with Crippen LogP contribution in [0, 0.1) is 6.92 Å². The highest BCUT2D eigenvalue weighted by Crippen LogP contribution is 2.39. The van der Waals surface area contributed by atoms with E-state index >= 15 is 0 Å². The van der Waals surface area contributed by atoms with Crippen LogP contribution in [0.5, 0.6) is 5.75 Å². The average molecular weight is 306 g/mol. The molecule has 0 amide bonds. The molecule has 4 heteroatoms. The Bertz CT molecular complexity index is 951. The molecule has 0 aliphatic rings. The van der Waals surface area contributed by atoms with Crippen molar-refractivity contribution in [2.75, 3.05) is 0 Å². The molecule has 0 unspecified atom stereocenters. The Kier molecular flexibility index (Phi) is 2.98. The van der Waals surface area contributed by atoms with Gasteiger partial charge in [-0.15, -0.1) is 11.3 Å². The third-order valence-electron chi connectivity index (χ3n) is 3.76. The summed E-state index contributed by atoms with van der Waals surface area (Å²) >= 11 is 1.73. The first-order valence-corrected chi connectivity index (χ1v) is 7.92. The van der Waals surface area contributed by atoms with E-state index in [0.717, 1.165) is 22.5 Å². The van der Waals surface area contributed by atoms with Gasteiger partial charge >= 0.3 is 0 Å². The van der Waals surface area contributed by atoms with Crippen molar-refractivity contribution in [3.63, 3.8) is 0 Å². The number of phenolic OH excluding ortho intramolecular Hbond substituents is 1. The number of thiophene rings is 1. The van der Waals surface area contributed by atoms with Crippen LogP contribution >= 0.6 is 11.3 Å². The SMILES string of the molecule is Cc1cc(-c2csc3c(-c4ccc(O)cc4)cccc23)n[nH]1. The summed E-state index contributed by atoms with van der Waals surface area (Å²) in [7, 11) is 0. The molecule has 2 heterocycles. The standard InChI is InChI=1S/C18H14N2OS/c1-11-9-17(20-19-11)16-10-22-18-14(3-2-4-15(16)18)12-5-7-13(21)8-6-12/h2-10,21H,1H3,(H,19,20). The Balaban J connectivity index is 1.92. The zero-order valence-electron chi connectivity index (χ0n) is 12.0. The van der Waals surface area contributed by atoms with E-state index in [2.05, 4.69) is 39.8 Å². The molecule has 0 radical (unpaired) electrons. The van der Waals surface area contributed by atoms with Crippen molar-refractivity contribution in [3.05, 3.63) is 59.6 Å². The number of hydrogen-bond donors (Lipinski definition) is 2. The van der Waals surface area contributed by atoms with Crippen molar-refractivity contribution in [1.29, 1.82) is 0 Å². The maximum Gasteiger partial charge on any atom is 0.115 e. The molecule has 0 aliphatic carbocycles. The zero-order valence-corrected chi connectivity index (χ0v) is 12.8. The van der Waals surface area contributed by atoms with E-state index in [1.165, 1.54) is 15.6 Å². The third-order valence-corrected chi connectivity index (χ3v) is 4.79. The molecule has 2 aromatic heterocycles. The molecule has 4 aromatic rings. The van der Waals surface area contributed by atoms with E-state index in [1.807, 2.05) is 19.1 Å². The summed E-state index contributed by atoms with van der Waals surface area (Å²) in [4.78, 5) is 0. The van der Waals surface area contributed by atoms with Gasteiger partial charge in [-0.2, -0.15) is 5.10 Å². The smallest absolute Gasteiger partial charge is 0.115 e. The quantitative estimate of drug-likeness (QED) is 0.549. The average Bonchev–Trinajstić information content (AvgIpc) is 3.13. The largest absolute Gasteiger partial charge is 0.508 e. The van der Waals surface area contributed by atoms with Crippen molar-refractivity contribution in [2.45, 2.75) is 6.92 Å². The molecule has 2 N–H and O–H groups in total. The fraction of sp³-hybridized carbons (Fsp3) is 0.0556. The van der Waals surface area contributed by atoms with Crippen LogP contribution in [0.25, 0.3) is 32.5 Å². The molecule has 0 saturated carbocycles. The van der Waals surface area contributed by atoms with E-state index in [0.29, 0.717) is 0 Å². The first-order chi connectivity index (χ1) is 10.7. The monoisotopic (exact) mass is 306 g/mol. The van der Waals surface area contributed by atoms with Crippen LogP contribution < -0.4 is 0 Å². The van der Waals surface area contributed by atoms with Gasteiger partial charge in [-0.05, 0) is 36.2 Å². The van der Waals surface area contributed by atoms with Crippen molar-refractivity contribution < 1.29 is 5.11 Å². The number of fused-ring (bicyclic) bond motifs is 1. The summed E-state index contributed by atoms with van der Waals surface area (Å²) < 4.78 is 1.24. The summed E-state index contributed by atoms with van der Waals surface area (Å²) in [6.45, 7) is 2.01. The maximum atomic E-state index is 9.46. The molecule has 22 heavy (non-hydrogen) atoms. The molecule has 0 bridgehead atoms. The Hall–Kier alpha value is -2.59. The van der Waals surface area contributed by atoms with Gasteiger partial charge in [-0.3, -0.25) is 5.10 Å². The van der Waals surface area contributed by atoms with E-state index in [9.17, 15) is 5.11 Å². The number of aromatic amines is 1. The third kappa shape index (κ3) is 2.09. The molecule has 0 spiro atoms. The minimum atomic E-state index is 0.287. The number of rotatable bonds is 2. The van der Waals surface area contributed by atoms with Gasteiger partial charge in [-0.1, -0.05) is 30.3 Å². The minimum absolute atomic E-state index is 0.287. The zero-order chi connectivity index (χ0) is 15.1. The molecular formula is C18H14N2OS. The normalized spacial score (nSPS) is 11.1. The summed E-state index contributed by atoms with van der Waals surface area (Å²) in [6, 6.07) is 15.7. The molecule has 0 aliphatic heterocycles. The molecule has 108 valence electrons. The van der Waals surface area contributed by atoms with Gasteiger partial charge in [0.05, 0.1) is 5.69 Å². The highest BCUT2D eigenvalue weighted by Gasteiger charge is 2.12. The van der Waals surface area contributed by atoms with Crippen molar-refractivity contribution >= 4 is 21.4 Å². The fourth-order valence-corrected chi connectivity index (χ4v) is 3.78. The molecule has 4 rings (SSSR count). The molecule has 0 fully saturated rings. The van der Waals surface area contributed by atoms with Crippen LogP contribution in [0.1, 0.15) is 5.69 Å². The first-order valence-electron chi connectivity index (χ1n) is 7.04. The molecule has 0 saturated heterocycles. The summed E-state index contributed by atoms with van der Waals surface area (Å²) in [6.07, 6.45) is 0.